The van der Waals surface area contributed by atoms with E-state index in [9.17, 15) is 9.59 Å². The summed E-state index contributed by atoms with van der Waals surface area (Å²) >= 11 is 0. The molecule has 1 aliphatic rings. The Labute approximate surface area is 151 Å². The van der Waals surface area contributed by atoms with Crippen molar-refractivity contribution in [1.29, 1.82) is 0 Å². The van der Waals surface area contributed by atoms with E-state index in [1.807, 2.05) is 12.1 Å². The summed E-state index contributed by atoms with van der Waals surface area (Å²) in [4.78, 5) is 40.8. The molecule has 1 N–H and O–H groups in total. The predicted molar refractivity (Wildman–Crippen MR) is 95.3 cm³/mol. The number of piperazine rings is 1. The molecular formula is C18H21N5O3. The average Bonchev–Trinajstić information content (AvgIpc) is 2.72. The number of nitrogens with one attached hydrogen (secondary N) is 1. The molecule has 0 radical (unpaired) electrons. The van der Waals surface area contributed by atoms with Crippen molar-refractivity contribution in [2.24, 2.45) is 0 Å². The number of pyridine rings is 2. The van der Waals surface area contributed by atoms with Gasteiger partial charge in [0, 0.05) is 63.2 Å². The number of hydroxylamine groups is 1. The van der Waals surface area contributed by atoms with Gasteiger partial charge in [-0.3, -0.25) is 19.7 Å². The number of hydrogen-bond acceptors (Lipinski definition) is 7. The number of nitrogens with zero attached hydrogens (tertiary/aromatic N) is 4. The maximum absolute atomic E-state index is 11.8. The molecule has 0 aromatic carbocycles. The molecule has 26 heavy (non-hydrogen) atoms. The van der Waals surface area contributed by atoms with Crippen LogP contribution in [-0.2, 0) is 9.63 Å². The highest BCUT2D eigenvalue weighted by atomic mass is 16.7. The first-order valence-corrected chi connectivity index (χ1v) is 8.50. The van der Waals surface area contributed by atoms with Crippen LogP contribution in [0.15, 0.2) is 49.1 Å². The van der Waals surface area contributed by atoms with Gasteiger partial charge in [0.1, 0.15) is 0 Å². The largest absolute Gasteiger partial charge is 0.369 e. The van der Waals surface area contributed by atoms with Gasteiger partial charge in [-0.15, -0.1) is 0 Å². The molecule has 8 heteroatoms. The Kier molecular flexibility index (Phi) is 6.10. The molecular weight excluding hydrogens is 334 g/mol. The summed E-state index contributed by atoms with van der Waals surface area (Å²) in [5.74, 6) is -0.948. The highest BCUT2D eigenvalue weighted by molar-refractivity contribution is 5.93. The van der Waals surface area contributed by atoms with Gasteiger partial charge in [-0.25, -0.2) is 4.79 Å². The van der Waals surface area contributed by atoms with Gasteiger partial charge in [-0.05, 0) is 24.3 Å². The van der Waals surface area contributed by atoms with Crippen molar-refractivity contribution in [2.45, 2.75) is 6.42 Å². The van der Waals surface area contributed by atoms with Gasteiger partial charge in [0.2, 0.25) is 0 Å². The first kappa shape index (κ1) is 17.8. The van der Waals surface area contributed by atoms with Gasteiger partial charge in [-0.2, -0.15) is 5.48 Å². The molecule has 0 bridgehead atoms. The molecule has 0 saturated carbocycles. The first-order chi connectivity index (χ1) is 12.7. The van der Waals surface area contributed by atoms with Crippen LogP contribution in [0.25, 0.3) is 0 Å². The van der Waals surface area contributed by atoms with E-state index < -0.39 is 11.9 Å². The molecule has 2 aromatic rings. The van der Waals surface area contributed by atoms with E-state index in [4.69, 9.17) is 4.84 Å². The summed E-state index contributed by atoms with van der Waals surface area (Å²) in [6.07, 6.45) is 6.78. The SMILES string of the molecule is O=C(CCN1CCN(c2ccncc2)CC1)ONC(=O)c1cccnc1. The van der Waals surface area contributed by atoms with Crippen molar-refractivity contribution >= 4 is 17.6 Å². The Balaban J connectivity index is 1.35. The molecule has 3 rings (SSSR count). The molecule has 3 heterocycles. The van der Waals surface area contributed by atoms with E-state index >= 15 is 0 Å². The van der Waals surface area contributed by atoms with Crippen molar-refractivity contribution in [2.75, 3.05) is 37.6 Å². The summed E-state index contributed by atoms with van der Waals surface area (Å²) in [5.41, 5.74) is 3.66. The minimum Gasteiger partial charge on any atom is -0.369 e. The second kappa shape index (κ2) is 8.91. The van der Waals surface area contributed by atoms with E-state index in [0.717, 1.165) is 31.9 Å². The molecule has 8 nitrogen and oxygen atoms in total. The third kappa shape index (κ3) is 5.00. The zero-order valence-corrected chi connectivity index (χ0v) is 14.4. The van der Waals surface area contributed by atoms with Crippen molar-refractivity contribution in [3.05, 3.63) is 54.6 Å². The molecule has 1 fully saturated rings. The van der Waals surface area contributed by atoms with Gasteiger partial charge in [0.15, 0.2) is 0 Å². The predicted octanol–water partition coefficient (Wildman–Crippen LogP) is 0.877. The Morgan fingerprint density at radius 2 is 1.81 bits per heavy atom. The summed E-state index contributed by atoms with van der Waals surface area (Å²) in [5, 5.41) is 0. The minimum atomic E-state index is -0.489. The van der Waals surface area contributed by atoms with Crippen molar-refractivity contribution in [3.63, 3.8) is 0 Å². The van der Waals surface area contributed by atoms with Crippen LogP contribution in [0.4, 0.5) is 5.69 Å². The molecule has 0 unspecified atom stereocenters. The third-order valence-corrected chi connectivity index (χ3v) is 4.21. The number of carbonyl (C=O) groups excluding carboxylic acids is 2. The highest BCUT2D eigenvalue weighted by Crippen LogP contribution is 2.14. The number of rotatable bonds is 5. The maximum atomic E-state index is 11.8. The fourth-order valence-corrected chi connectivity index (χ4v) is 2.74. The second-order valence-corrected chi connectivity index (χ2v) is 5.93. The summed E-state index contributed by atoms with van der Waals surface area (Å²) in [6, 6.07) is 7.23. The third-order valence-electron chi connectivity index (χ3n) is 4.21. The smallest absolute Gasteiger partial charge is 0.333 e. The number of anilines is 1. The zero-order chi connectivity index (χ0) is 18.2. The lowest BCUT2D eigenvalue weighted by Crippen LogP contribution is -2.47. The van der Waals surface area contributed by atoms with Crippen LogP contribution < -0.4 is 10.4 Å². The molecule has 0 spiro atoms. The highest BCUT2D eigenvalue weighted by Gasteiger charge is 2.18. The number of carbonyl (C=O) groups is 2. The topological polar surface area (TPSA) is 87.7 Å². The first-order valence-electron chi connectivity index (χ1n) is 8.50. The zero-order valence-electron chi connectivity index (χ0n) is 14.4. The Morgan fingerprint density at radius 1 is 1.04 bits per heavy atom. The number of amides is 1. The minimum absolute atomic E-state index is 0.225. The molecule has 136 valence electrons. The molecule has 1 aliphatic heterocycles. The van der Waals surface area contributed by atoms with Gasteiger partial charge in [-0.1, -0.05) is 0 Å². The van der Waals surface area contributed by atoms with E-state index in [0.29, 0.717) is 12.1 Å². The van der Waals surface area contributed by atoms with Crippen LogP contribution in [-0.4, -0.2) is 59.5 Å². The van der Waals surface area contributed by atoms with Crippen LogP contribution in [0, 0.1) is 0 Å². The van der Waals surface area contributed by atoms with Crippen LogP contribution in [0.2, 0.25) is 0 Å². The molecule has 1 amide bonds. The van der Waals surface area contributed by atoms with E-state index in [-0.39, 0.29) is 6.42 Å². The van der Waals surface area contributed by atoms with Gasteiger partial charge >= 0.3 is 5.97 Å². The molecule has 0 aliphatic carbocycles. The maximum Gasteiger partial charge on any atom is 0.333 e. The Hall–Kier alpha value is -3.00. The van der Waals surface area contributed by atoms with E-state index in [1.165, 1.54) is 6.20 Å². The molecule has 0 atom stereocenters. The van der Waals surface area contributed by atoms with Crippen molar-refractivity contribution in [1.82, 2.24) is 20.3 Å². The van der Waals surface area contributed by atoms with Crippen LogP contribution in [0.1, 0.15) is 16.8 Å². The van der Waals surface area contributed by atoms with Gasteiger partial charge in [0.25, 0.3) is 5.91 Å². The van der Waals surface area contributed by atoms with Gasteiger partial charge < -0.3 is 9.74 Å². The summed E-state index contributed by atoms with van der Waals surface area (Å²) in [7, 11) is 0. The normalized spacial score (nSPS) is 14.7. The Morgan fingerprint density at radius 3 is 2.50 bits per heavy atom. The van der Waals surface area contributed by atoms with Crippen molar-refractivity contribution in [3.8, 4) is 0 Å². The quantitative estimate of drug-likeness (QED) is 0.797. The fraction of sp³-hybridized carbons (Fsp3) is 0.333. The number of hydrogen-bond donors (Lipinski definition) is 1. The summed E-state index contributed by atoms with van der Waals surface area (Å²) in [6.45, 7) is 4.15. The van der Waals surface area contributed by atoms with Crippen LogP contribution >= 0.6 is 0 Å². The van der Waals surface area contributed by atoms with Crippen LogP contribution in [0.3, 0.4) is 0 Å². The summed E-state index contributed by atoms with van der Waals surface area (Å²) < 4.78 is 0. The lowest BCUT2D eigenvalue weighted by atomic mass is 10.2. The molecule has 1 saturated heterocycles. The molecule has 2 aromatic heterocycles. The Bertz CT molecular complexity index is 718. The standard InChI is InChI=1S/C18H21N5O3/c24-17(26-21-18(25)15-2-1-6-20-14-15)5-9-22-10-12-23(13-11-22)16-3-7-19-8-4-16/h1-4,6-8,14H,5,9-13H2,(H,21,25). The van der Waals surface area contributed by atoms with Crippen LogP contribution in [0.5, 0.6) is 0 Å². The fourth-order valence-electron chi connectivity index (χ4n) is 2.74. The van der Waals surface area contributed by atoms with E-state index in [1.54, 1.807) is 30.7 Å². The van der Waals surface area contributed by atoms with Crippen molar-refractivity contribution < 1.29 is 14.4 Å². The lowest BCUT2D eigenvalue weighted by Gasteiger charge is -2.35. The van der Waals surface area contributed by atoms with Gasteiger partial charge in [0.05, 0.1) is 12.0 Å². The number of aromatic nitrogens is 2. The monoisotopic (exact) mass is 355 g/mol. The average molecular weight is 355 g/mol. The second-order valence-electron chi connectivity index (χ2n) is 5.93. The van der Waals surface area contributed by atoms with E-state index in [2.05, 4.69) is 25.2 Å². The lowest BCUT2D eigenvalue weighted by molar-refractivity contribution is -0.149.